The number of nitrogens with one attached hydrogen (secondary N) is 6. The number of carbonyl (C=O) groups excluding carboxylic acids is 3. The molecule has 132 valence electrons. The van der Waals surface area contributed by atoms with E-state index in [0.717, 1.165) is 12.8 Å². The molecule has 0 aliphatic heterocycles. The highest BCUT2D eigenvalue weighted by molar-refractivity contribution is 5.85. The molecule has 9 nitrogen and oxygen atoms in total. The standard InChI is InChI=1S/C14H28N6O3/c1-16-12(21)6-7-13(22)20-11(9-15)5-3-4-8-18-14(23)10-19-17-2/h9,11,15,17,19H,3-8,10H2,1-2H3,(H,16,21)(H,18,23)(H,20,22). The second-order valence-electron chi connectivity index (χ2n) is 4.96. The Balaban J connectivity index is 3.77. The minimum Gasteiger partial charge on any atom is -0.359 e. The van der Waals surface area contributed by atoms with E-state index in [1.54, 1.807) is 7.05 Å². The van der Waals surface area contributed by atoms with Gasteiger partial charge in [-0.2, -0.15) is 0 Å². The van der Waals surface area contributed by atoms with Gasteiger partial charge in [0.05, 0.1) is 12.6 Å². The number of amides is 3. The largest absolute Gasteiger partial charge is 0.359 e. The maximum Gasteiger partial charge on any atom is 0.235 e. The van der Waals surface area contributed by atoms with Crippen LogP contribution in [0.4, 0.5) is 0 Å². The SMILES string of the molecule is CNNCC(=O)NCCCCC(C=N)NC(=O)CCC(=O)NC. The van der Waals surface area contributed by atoms with Gasteiger partial charge in [-0.15, -0.1) is 0 Å². The molecule has 6 N–H and O–H groups in total. The summed E-state index contributed by atoms with van der Waals surface area (Å²) in [5, 5.41) is 15.2. The lowest BCUT2D eigenvalue weighted by Crippen LogP contribution is -2.39. The topological polar surface area (TPSA) is 135 Å². The fourth-order valence-electron chi connectivity index (χ4n) is 1.78. The zero-order valence-corrected chi connectivity index (χ0v) is 13.8. The summed E-state index contributed by atoms with van der Waals surface area (Å²) in [4.78, 5) is 34.0. The van der Waals surface area contributed by atoms with E-state index in [9.17, 15) is 14.4 Å². The monoisotopic (exact) mass is 328 g/mol. The molecule has 0 radical (unpaired) electrons. The molecule has 0 saturated carbocycles. The highest BCUT2D eigenvalue weighted by Gasteiger charge is 2.11. The Morgan fingerprint density at radius 1 is 1.04 bits per heavy atom. The minimum absolute atomic E-state index is 0.0922. The predicted octanol–water partition coefficient (Wildman–Crippen LogP) is -1.34. The molecule has 0 bridgehead atoms. The van der Waals surface area contributed by atoms with E-state index < -0.39 is 0 Å². The molecule has 0 saturated heterocycles. The van der Waals surface area contributed by atoms with Crippen LogP contribution in [0, 0.1) is 5.41 Å². The van der Waals surface area contributed by atoms with Crippen LogP contribution in [0.15, 0.2) is 0 Å². The van der Waals surface area contributed by atoms with Gasteiger partial charge in [-0.1, -0.05) is 0 Å². The Hall–Kier alpha value is -2.00. The second-order valence-corrected chi connectivity index (χ2v) is 4.96. The van der Waals surface area contributed by atoms with Crippen LogP contribution in [0.2, 0.25) is 0 Å². The number of carbonyl (C=O) groups is 3. The molecule has 1 atom stereocenters. The maximum atomic E-state index is 11.6. The number of hydrazine groups is 1. The Morgan fingerprint density at radius 2 is 1.74 bits per heavy atom. The van der Waals surface area contributed by atoms with E-state index in [1.807, 2.05) is 0 Å². The molecule has 0 fully saturated rings. The highest BCUT2D eigenvalue weighted by atomic mass is 16.2. The Bertz CT molecular complexity index is 389. The molecule has 9 heteroatoms. The average molecular weight is 328 g/mol. The summed E-state index contributed by atoms with van der Waals surface area (Å²) in [7, 11) is 3.21. The minimum atomic E-state index is -0.339. The third-order valence-corrected chi connectivity index (χ3v) is 3.10. The Kier molecular flexibility index (Phi) is 12.5. The van der Waals surface area contributed by atoms with Gasteiger partial charge in [0.1, 0.15) is 0 Å². The van der Waals surface area contributed by atoms with E-state index >= 15 is 0 Å². The van der Waals surface area contributed by atoms with Crippen molar-refractivity contribution in [1.82, 2.24) is 26.8 Å². The average Bonchev–Trinajstić information content (AvgIpc) is 2.56. The van der Waals surface area contributed by atoms with Crippen molar-refractivity contribution in [1.29, 1.82) is 5.41 Å². The molecule has 0 spiro atoms. The van der Waals surface area contributed by atoms with Crippen molar-refractivity contribution in [3.8, 4) is 0 Å². The lowest BCUT2D eigenvalue weighted by molar-refractivity contribution is -0.126. The maximum absolute atomic E-state index is 11.6. The van der Waals surface area contributed by atoms with E-state index in [1.165, 1.54) is 13.3 Å². The summed E-state index contributed by atoms with van der Waals surface area (Å²) in [6, 6.07) is -0.339. The Morgan fingerprint density at radius 3 is 2.35 bits per heavy atom. The van der Waals surface area contributed by atoms with Crippen molar-refractivity contribution < 1.29 is 14.4 Å². The molecule has 0 aliphatic rings. The van der Waals surface area contributed by atoms with Gasteiger partial charge < -0.3 is 21.4 Å². The van der Waals surface area contributed by atoms with Crippen molar-refractivity contribution in [3.63, 3.8) is 0 Å². The van der Waals surface area contributed by atoms with Crippen LogP contribution < -0.4 is 26.8 Å². The van der Waals surface area contributed by atoms with Gasteiger partial charge >= 0.3 is 0 Å². The number of hydrogen-bond donors (Lipinski definition) is 6. The molecule has 0 aromatic rings. The van der Waals surface area contributed by atoms with Crippen LogP contribution in [0.25, 0.3) is 0 Å². The van der Waals surface area contributed by atoms with Gasteiger partial charge in [0, 0.05) is 32.6 Å². The molecular formula is C14H28N6O3. The highest BCUT2D eigenvalue weighted by Crippen LogP contribution is 2.00. The van der Waals surface area contributed by atoms with Crippen LogP contribution in [0.3, 0.4) is 0 Å². The summed E-state index contributed by atoms with van der Waals surface area (Å²) in [6.07, 6.45) is 3.60. The molecule has 1 unspecified atom stereocenters. The molecule has 0 heterocycles. The third-order valence-electron chi connectivity index (χ3n) is 3.10. The number of rotatable bonds is 13. The van der Waals surface area contributed by atoms with E-state index in [0.29, 0.717) is 13.0 Å². The first-order valence-electron chi connectivity index (χ1n) is 7.70. The zero-order valence-electron chi connectivity index (χ0n) is 13.8. The van der Waals surface area contributed by atoms with Gasteiger partial charge in [-0.05, 0) is 26.3 Å². The predicted molar refractivity (Wildman–Crippen MR) is 87.9 cm³/mol. The van der Waals surface area contributed by atoms with Crippen molar-refractivity contribution in [3.05, 3.63) is 0 Å². The molecule has 23 heavy (non-hydrogen) atoms. The van der Waals surface area contributed by atoms with E-state index in [4.69, 9.17) is 5.41 Å². The molecule has 0 aromatic carbocycles. The zero-order chi connectivity index (χ0) is 17.5. The van der Waals surface area contributed by atoms with Crippen LogP contribution in [0.5, 0.6) is 0 Å². The Labute approximate surface area is 136 Å². The van der Waals surface area contributed by atoms with Crippen LogP contribution >= 0.6 is 0 Å². The van der Waals surface area contributed by atoms with Gasteiger partial charge in [-0.25, -0.2) is 5.43 Å². The number of unbranched alkanes of at least 4 members (excludes halogenated alkanes) is 1. The summed E-state index contributed by atoms with van der Waals surface area (Å²) in [5.74, 6) is -0.519. The molecular weight excluding hydrogens is 300 g/mol. The molecule has 0 aromatic heterocycles. The first-order chi connectivity index (χ1) is 11.0. The van der Waals surface area contributed by atoms with E-state index in [2.05, 4.69) is 26.8 Å². The smallest absolute Gasteiger partial charge is 0.235 e. The lowest BCUT2D eigenvalue weighted by Gasteiger charge is -2.14. The van der Waals surface area contributed by atoms with Crippen LogP contribution in [-0.2, 0) is 14.4 Å². The van der Waals surface area contributed by atoms with Crippen molar-refractivity contribution in [2.24, 2.45) is 0 Å². The van der Waals surface area contributed by atoms with Crippen LogP contribution in [-0.4, -0.2) is 57.2 Å². The first-order valence-corrected chi connectivity index (χ1v) is 7.70. The molecule has 0 aliphatic carbocycles. The summed E-state index contributed by atoms with van der Waals surface area (Å²) in [5.41, 5.74) is 5.35. The van der Waals surface area contributed by atoms with Crippen LogP contribution in [0.1, 0.15) is 32.1 Å². The molecule has 0 rings (SSSR count). The lowest BCUT2D eigenvalue weighted by atomic mass is 10.1. The summed E-state index contributed by atoms with van der Waals surface area (Å²) < 4.78 is 0. The summed E-state index contributed by atoms with van der Waals surface area (Å²) in [6.45, 7) is 0.764. The normalized spacial score (nSPS) is 11.4. The van der Waals surface area contributed by atoms with Crippen molar-refractivity contribution >= 4 is 23.9 Å². The fraction of sp³-hybridized carbons (Fsp3) is 0.714. The first kappa shape index (κ1) is 21.0. The van der Waals surface area contributed by atoms with Crippen molar-refractivity contribution in [2.75, 3.05) is 27.2 Å². The van der Waals surface area contributed by atoms with Gasteiger partial charge in [0.15, 0.2) is 0 Å². The third kappa shape index (κ3) is 12.2. The second kappa shape index (κ2) is 13.6. The number of hydrogen-bond acceptors (Lipinski definition) is 6. The quantitative estimate of drug-likeness (QED) is 0.141. The van der Waals surface area contributed by atoms with Gasteiger partial charge in [0.2, 0.25) is 17.7 Å². The van der Waals surface area contributed by atoms with Crippen molar-refractivity contribution in [2.45, 2.75) is 38.1 Å². The molecule has 3 amide bonds. The summed E-state index contributed by atoms with van der Waals surface area (Å²) >= 11 is 0. The fourth-order valence-corrected chi connectivity index (χ4v) is 1.78. The van der Waals surface area contributed by atoms with E-state index in [-0.39, 0.29) is 43.1 Å². The van der Waals surface area contributed by atoms with Gasteiger partial charge in [0.25, 0.3) is 0 Å². The van der Waals surface area contributed by atoms with Gasteiger partial charge in [-0.3, -0.25) is 19.8 Å².